The van der Waals surface area contributed by atoms with Crippen molar-refractivity contribution < 1.29 is 14.2 Å². The van der Waals surface area contributed by atoms with Gasteiger partial charge in [-0.1, -0.05) is 54.6 Å². The Morgan fingerprint density at radius 2 is 0.861 bits per heavy atom. The molecule has 184 valence electrons. The zero-order valence-electron chi connectivity index (χ0n) is 21.1. The molecule has 4 aromatic rings. The van der Waals surface area contributed by atoms with Gasteiger partial charge in [0.25, 0.3) is 0 Å². The number of rotatable bonds is 11. The minimum absolute atomic E-state index is 0.520. The molecule has 5 nitrogen and oxygen atoms in total. The van der Waals surface area contributed by atoms with E-state index >= 15 is 0 Å². The van der Waals surface area contributed by atoms with E-state index in [2.05, 4.69) is 36.4 Å². The van der Waals surface area contributed by atoms with E-state index < -0.39 is 5.54 Å². The van der Waals surface area contributed by atoms with E-state index in [1.54, 1.807) is 21.3 Å². The van der Waals surface area contributed by atoms with Gasteiger partial charge in [-0.25, -0.2) is 0 Å². The quantitative estimate of drug-likeness (QED) is 0.212. The second-order valence-electron chi connectivity index (χ2n) is 8.83. The van der Waals surface area contributed by atoms with Crippen molar-refractivity contribution in [2.45, 2.75) is 24.8 Å². The molecule has 0 aromatic heterocycles. The number of hydrogen-bond acceptors (Lipinski definition) is 5. The highest BCUT2D eigenvalue weighted by Crippen LogP contribution is 2.32. The van der Waals surface area contributed by atoms with Crippen molar-refractivity contribution in [3.8, 4) is 17.2 Å². The summed E-state index contributed by atoms with van der Waals surface area (Å²) in [6.45, 7) is 0. The van der Waals surface area contributed by atoms with Crippen LogP contribution in [0.4, 0.5) is 5.69 Å². The van der Waals surface area contributed by atoms with Gasteiger partial charge in [-0.05, 0) is 65.2 Å². The summed E-state index contributed by atoms with van der Waals surface area (Å²) in [6, 6.07) is 34.5. The van der Waals surface area contributed by atoms with Crippen molar-refractivity contribution in [2.24, 2.45) is 10.2 Å². The fourth-order valence-corrected chi connectivity index (χ4v) is 4.32. The predicted octanol–water partition coefficient (Wildman–Crippen LogP) is 7.26. The average Bonchev–Trinajstić information content (AvgIpc) is 2.94. The van der Waals surface area contributed by atoms with Crippen molar-refractivity contribution >= 4 is 5.69 Å². The largest absolute Gasteiger partial charge is 0.497 e. The maximum absolute atomic E-state index is 5.37. The van der Waals surface area contributed by atoms with Crippen molar-refractivity contribution in [3.63, 3.8) is 0 Å². The lowest BCUT2D eigenvalue weighted by Gasteiger charge is -2.30. The first-order valence-electron chi connectivity index (χ1n) is 12.0. The van der Waals surface area contributed by atoms with E-state index in [1.165, 1.54) is 16.7 Å². The molecule has 0 aliphatic carbocycles. The van der Waals surface area contributed by atoms with E-state index in [0.717, 1.165) is 22.9 Å². The van der Waals surface area contributed by atoms with E-state index in [1.807, 2.05) is 66.7 Å². The van der Waals surface area contributed by atoms with Gasteiger partial charge < -0.3 is 14.2 Å². The van der Waals surface area contributed by atoms with Crippen molar-refractivity contribution in [3.05, 3.63) is 120 Å². The Hall–Kier alpha value is -4.12. The summed E-state index contributed by atoms with van der Waals surface area (Å²) in [4.78, 5) is 0. The number of benzene rings is 4. The standard InChI is InChI=1S/C31H32N2O3/c1-34-28-15-9-24(10-16-28)21-31(33-32-27-7-5-4-6-8-27,22-25-11-17-29(35-2)18-12-25)23-26-13-19-30(36-3)20-14-26/h4-20H,21-23H2,1-3H3. The van der Waals surface area contributed by atoms with Gasteiger partial charge in [-0.3, -0.25) is 0 Å². The minimum Gasteiger partial charge on any atom is -0.497 e. The second kappa shape index (κ2) is 12.0. The van der Waals surface area contributed by atoms with Gasteiger partial charge in [-0.15, -0.1) is 0 Å². The summed E-state index contributed by atoms with van der Waals surface area (Å²) in [6.07, 6.45) is 2.14. The van der Waals surface area contributed by atoms with Gasteiger partial charge in [0.15, 0.2) is 0 Å². The van der Waals surface area contributed by atoms with Gasteiger partial charge in [0.1, 0.15) is 17.2 Å². The highest BCUT2D eigenvalue weighted by atomic mass is 16.5. The van der Waals surface area contributed by atoms with E-state index in [9.17, 15) is 0 Å². The summed E-state index contributed by atoms with van der Waals surface area (Å²) in [7, 11) is 5.04. The third kappa shape index (κ3) is 6.72. The molecular formula is C31H32N2O3. The summed E-state index contributed by atoms with van der Waals surface area (Å²) >= 11 is 0. The minimum atomic E-state index is -0.520. The van der Waals surface area contributed by atoms with Crippen LogP contribution in [-0.4, -0.2) is 26.9 Å². The monoisotopic (exact) mass is 480 g/mol. The fourth-order valence-electron chi connectivity index (χ4n) is 4.32. The lowest BCUT2D eigenvalue weighted by atomic mass is 9.80. The van der Waals surface area contributed by atoms with E-state index in [4.69, 9.17) is 24.4 Å². The molecular weight excluding hydrogens is 448 g/mol. The summed E-state index contributed by atoms with van der Waals surface area (Å²) < 4.78 is 16.1. The maximum Gasteiger partial charge on any atom is 0.118 e. The maximum atomic E-state index is 5.37. The molecule has 0 heterocycles. The zero-order valence-corrected chi connectivity index (χ0v) is 21.1. The number of azo groups is 1. The first-order valence-corrected chi connectivity index (χ1v) is 12.0. The van der Waals surface area contributed by atoms with Gasteiger partial charge in [0, 0.05) is 19.3 Å². The molecule has 0 aliphatic rings. The van der Waals surface area contributed by atoms with Crippen LogP contribution in [0.25, 0.3) is 0 Å². The van der Waals surface area contributed by atoms with Gasteiger partial charge in [-0.2, -0.15) is 10.2 Å². The molecule has 0 saturated heterocycles. The van der Waals surface area contributed by atoms with Crippen LogP contribution in [0.1, 0.15) is 16.7 Å². The Balaban J connectivity index is 1.76. The lowest BCUT2D eigenvalue weighted by Crippen LogP contribution is -2.35. The van der Waals surface area contributed by atoms with Crippen LogP contribution in [0, 0.1) is 0 Å². The number of nitrogens with zero attached hydrogens (tertiary/aromatic N) is 2. The van der Waals surface area contributed by atoms with Crippen molar-refractivity contribution in [1.29, 1.82) is 0 Å². The second-order valence-corrected chi connectivity index (χ2v) is 8.83. The molecule has 0 atom stereocenters. The number of ether oxygens (including phenoxy) is 3. The number of methoxy groups -OCH3 is 3. The number of hydrogen-bond donors (Lipinski definition) is 0. The SMILES string of the molecule is COc1ccc(CC(Cc2ccc(OC)cc2)(Cc2ccc(OC)cc2)N=Nc2ccccc2)cc1. The predicted molar refractivity (Wildman–Crippen MR) is 144 cm³/mol. The molecule has 4 aromatic carbocycles. The van der Waals surface area contributed by atoms with Crippen LogP contribution in [0.2, 0.25) is 0 Å². The Morgan fingerprint density at radius 3 is 1.19 bits per heavy atom. The molecule has 0 amide bonds. The molecule has 0 aliphatic heterocycles. The Bertz CT molecular complexity index is 1120. The molecule has 0 radical (unpaired) electrons. The Labute approximate surface area is 213 Å². The van der Waals surface area contributed by atoms with Gasteiger partial charge in [0.05, 0.1) is 32.6 Å². The van der Waals surface area contributed by atoms with Crippen molar-refractivity contribution in [1.82, 2.24) is 0 Å². The smallest absolute Gasteiger partial charge is 0.118 e. The summed E-state index contributed by atoms with van der Waals surface area (Å²) in [5.41, 5.74) is 3.83. The van der Waals surface area contributed by atoms with Gasteiger partial charge in [0.2, 0.25) is 0 Å². The first kappa shape index (κ1) is 25.0. The lowest BCUT2D eigenvalue weighted by molar-refractivity contribution is 0.395. The van der Waals surface area contributed by atoms with E-state index in [-0.39, 0.29) is 0 Å². The molecule has 0 bridgehead atoms. The topological polar surface area (TPSA) is 52.4 Å². The highest BCUT2D eigenvalue weighted by Gasteiger charge is 2.32. The molecule has 4 rings (SSSR count). The van der Waals surface area contributed by atoms with Crippen LogP contribution in [0.15, 0.2) is 113 Å². The van der Waals surface area contributed by atoms with Crippen LogP contribution >= 0.6 is 0 Å². The van der Waals surface area contributed by atoms with Crippen LogP contribution in [0.5, 0.6) is 17.2 Å². The molecule has 0 N–H and O–H groups in total. The summed E-state index contributed by atoms with van der Waals surface area (Å²) in [5, 5.41) is 9.79. The fraction of sp³-hybridized carbons (Fsp3) is 0.226. The summed E-state index contributed by atoms with van der Waals surface area (Å²) in [5.74, 6) is 2.50. The van der Waals surface area contributed by atoms with Gasteiger partial charge >= 0.3 is 0 Å². The normalized spacial score (nSPS) is 11.4. The molecule has 0 saturated carbocycles. The van der Waals surface area contributed by atoms with Crippen molar-refractivity contribution in [2.75, 3.05) is 21.3 Å². The molecule has 0 unspecified atom stereocenters. The third-order valence-corrected chi connectivity index (χ3v) is 6.21. The molecule has 5 heteroatoms. The van der Waals surface area contributed by atoms with Crippen LogP contribution in [-0.2, 0) is 19.3 Å². The molecule has 0 fully saturated rings. The van der Waals surface area contributed by atoms with Crippen LogP contribution in [0.3, 0.4) is 0 Å². The van der Waals surface area contributed by atoms with Crippen LogP contribution < -0.4 is 14.2 Å². The zero-order chi connectivity index (χ0) is 25.2. The Kier molecular flexibility index (Phi) is 8.35. The Morgan fingerprint density at radius 1 is 0.500 bits per heavy atom. The molecule has 0 spiro atoms. The van der Waals surface area contributed by atoms with E-state index in [0.29, 0.717) is 19.3 Å². The molecule has 36 heavy (non-hydrogen) atoms. The third-order valence-electron chi connectivity index (χ3n) is 6.21. The highest BCUT2D eigenvalue weighted by molar-refractivity contribution is 5.37. The first-order chi connectivity index (χ1) is 17.6. The average molecular weight is 481 g/mol.